The van der Waals surface area contributed by atoms with Crippen molar-refractivity contribution in [1.29, 1.82) is 0 Å². The lowest BCUT2D eigenvalue weighted by molar-refractivity contribution is -0.120. The Hall–Kier alpha value is -2.95. The summed E-state index contributed by atoms with van der Waals surface area (Å²) in [7, 11) is -1.77. The van der Waals surface area contributed by atoms with Crippen LogP contribution in [0.15, 0.2) is 91.1 Å². The fourth-order valence-corrected chi connectivity index (χ4v) is 7.94. The van der Waals surface area contributed by atoms with Crippen LogP contribution in [0.5, 0.6) is 0 Å². The normalized spacial score (nSPS) is 13.4. The number of halogens is 1. The maximum Gasteiger partial charge on any atom is 0.227 e. The van der Waals surface area contributed by atoms with Gasteiger partial charge in [-0.25, -0.2) is 0 Å². The van der Waals surface area contributed by atoms with Crippen LogP contribution in [-0.2, 0) is 11.2 Å². The number of hydrogen-bond acceptors (Lipinski definition) is 2. The Morgan fingerprint density at radius 3 is 2.38 bits per heavy atom. The molecular weight excluding hydrogens is 456 g/mol. The van der Waals surface area contributed by atoms with Crippen molar-refractivity contribution in [2.75, 3.05) is 5.32 Å². The second kappa shape index (κ2) is 10.5. The van der Waals surface area contributed by atoms with Gasteiger partial charge in [0.15, 0.2) is 0 Å². The van der Waals surface area contributed by atoms with Crippen LogP contribution in [0.4, 0.5) is 5.69 Å². The SMILES string of the molecule is CC(C(=O)Nc1cccc2cccnc12)C(Cc1ccc(Cl)cc1)C[Si](C)(C)c1ccccc1. The van der Waals surface area contributed by atoms with Gasteiger partial charge in [0, 0.05) is 22.5 Å². The Bertz CT molecular complexity index is 1250. The highest BCUT2D eigenvalue weighted by Crippen LogP contribution is 2.30. The van der Waals surface area contributed by atoms with Crippen LogP contribution < -0.4 is 10.5 Å². The van der Waals surface area contributed by atoms with Gasteiger partial charge in [0.2, 0.25) is 5.91 Å². The molecule has 1 N–H and O–H groups in total. The third-order valence-corrected chi connectivity index (χ3v) is 10.4. The molecule has 3 nitrogen and oxygen atoms in total. The van der Waals surface area contributed by atoms with Crippen LogP contribution in [0.2, 0.25) is 24.2 Å². The van der Waals surface area contributed by atoms with Crippen LogP contribution in [-0.4, -0.2) is 19.0 Å². The van der Waals surface area contributed by atoms with E-state index >= 15 is 0 Å². The summed E-state index contributed by atoms with van der Waals surface area (Å²) in [5, 5.41) is 6.34. The summed E-state index contributed by atoms with van der Waals surface area (Å²) in [6.45, 7) is 6.86. The van der Waals surface area contributed by atoms with Crippen molar-refractivity contribution in [3.05, 3.63) is 102 Å². The van der Waals surface area contributed by atoms with E-state index in [-0.39, 0.29) is 17.7 Å². The monoisotopic (exact) mass is 486 g/mol. The number of para-hydroxylation sites is 1. The van der Waals surface area contributed by atoms with Gasteiger partial charge in [-0.2, -0.15) is 0 Å². The lowest BCUT2D eigenvalue weighted by Crippen LogP contribution is -2.45. The molecule has 3 aromatic carbocycles. The van der Waals surface area contributed by atoms with Crippen molar-refractivity contribution >= 4 is 47.4 Å². The number of pyridine rings is 1. The molecule has 1 aromatic heterocycles. The zero-order chi connectivity index (χ0) is 24.1. The number of carbonyl (C=O) groups is 1. The van der Waals surface area contributed by atoms with E-state index in [4.69, 9.17) is 11.6 Å². The number of anilines is 1. The third kappa shape index (κ3) is 5.75. The van der Waals surface area contributed by atoms with Crippen LogP contribution in [0.25, 0.3) is 10.9 Å². The van der Waals surface area contributed by atoms with Gasteiger partial charge < -0.3 is 5.32 Å². The second-order valence-corrected chi connectivity index (χ2v) is 14.9. The molecule has 0 radical (unpaired) electrons. The molecule has 0 aliphatic heterocycles. The van der Waals surface area contributed by atoms with Gasteiger partial charge in [0.25, 0.3) is 0 Å². The second-order valence-electron chi connectivity index (χ2n) is 9.70. The molecular formula is C29H31ClN2OSi. The minimum atomic E-state index is -1.77. The number of nitrogens with zero attached hydrogens (tertiary/aromatic N) is 1. The minimum absolute atomic E-state index is 0.0370. The number of fused-ring (bicyclic) bond motifs is 1. The molecule has 5 heteroatoms. The van der Waals surface area contributed by atoms with E-state index in [1.807, 2.05) is 42.5 Å². The number of aromatic nitrogens is 1. The highest BCUT2D eigenvalue weighted by molar-refractivity contribution is 6.89. The van der Waals surface area contributed by atoms with Gasteiger partial charge in [0.1, 0.15) is 0 Å². The lowest BCUT2D eigenvalue weighted by Gasteiger charge is -2.32. The molecule has 174 valence electrons. The summed E-state index contributed by atoms with van der Waals surface area (Å²) in [6.07, 6.45) is 2.60. The number of hydrogen-bond donors (Lipinski definition) is 1. The molecule has 0 aliphatic rings. The smallest absolute Gasteiger partial charge is 0.227 e. The van der Waals surface area contributed by atoms with Crippen molar-refractivity contribution in [3.63, 3.8) is 0 Å². The number of amides is 1. The Balaban J connectivity index is 1.60. The molecule has 34 heavy (non-hydrogen) atoms. The molecule has 4 aromatic rings. The summed E-state index contributed by atoms with van der Waals surface area (Å²) < 4.78 is 0. The molecule has 4 rings (SSSR count). The average Bonchev–Trinajstić information content (AvgIpc) is 2.85. The first-order chi connectivity index (χ1) is 16.3. The maximum atomic E-state index is 13.5. The molecule has 1 amide bonds. The molecule has 0 fully saturated rings. The average molecular weight is 487 g/mol. The summed E-state index contributed by atoms with van der Waals surface area (Å²) >= 11 is 6.12. The van der Waals surface area contributed by atoms with Gasteiger partial charge in [-0.1, -0.05) is 97.5 Å². The summed E-state index contributed by atoms with van der Waals surface area (Å²) in [4.78, 5) is 18.0. The zero-order valence-corrected chi connectivity index (χ0v) is 21.7. The predicted octanol–water partition coefficient (Wildman–Crippen LogP) is 6.94. The van der Waals surface area contributed by atoms with Crippen LogP contribution >= 0.6 is 11.6 Å². The molecule has 0 aliphatic carbocycles. The third-order valence-electron chi connectivity index (χ3n) is 6.75. The van der Waals surface area contributed by atoms with E-state index in [0.29, 0.717) is 0 Å². The fourth-order valence-electron chi connectivity index (χ4n) is 4.68. The highest BCUT2D eigenvalue weighted by Gasteiger charge is 2.33. The molecule has 1 heterocycles. The minimum Gasteiger partial charge on any atom is -0.324 e. The zero-order valence-electron chi connectivity index (χ0n) is 20.0. The Labute approximate surface area is 208 Å². The van der Waals surface area contributed by atoms with Gasteiger partial charge >= 0.3 is 0 Å². The molecule has 0 saturated heterocycles. The molecule has 0 bridgehead atoms. The Kier molecular flexibility index (Phi) is 7.49. The topological polar surface area (TPSA) is 42.0 Å². The quantitative estimate of drug-likeness (QED) is 0.274. The van der Waals surface area contributed by atoms with E-state index in [2.05, 4.69) is 72.8 Å². The number of carbonyl (C=O) groups excluding carboxylic acids is 1. The number of benzene rings is 3. The number of nitrogens with one attached hydrogen (secondary N) is 1. The first-order valence-corrected chi connectivity index (χ1v) is 15.4. The lowest BCUT2D eigenvalue weighted by atomic mass is 9.88. The van der Waals surface area contributed by atoms with Crippen molar-refractivity contribution in [3.8, 4) is 0 Å². The fraction of sp³-hybridized carbons (Fsp3) is 0.241. The number of rotatable bonds is 8. The van der Waals surface area contributed by atoms with Crippen molar-refractivity contribution in [2.45, 2.75) is 32.5 Å². The van der Waals surface area contributed by atoms with E-state index in [0.717, 1.165) is 34.1 Å². The van der Waals surface area contributed by atoms with E-state index in [1.54, 1.807) is 6.20 Å². The van der Waals surface area contributed by atoms with Crippen molar-refractivity contribution in [2.24, 2.45) is 11.8 Å². The van der Waals surface area contributed by atoms with Gasteiger partial charge in [-0.05, 0) is 48.2 Å². The van der Waals surface area contributed by atoms with Crippen LogP contribution in [0.3, 0.4) is 0 Å². The molecule has 0 saturated carbocycles. The van der Waals surface area contributed by atoms with E-state index in [9.17, 15) is 4.79 Å². The summed E-state index contributed by atoms with van der Waals surface area (Å²) in [5.74, 6) is 0.0751. The molecule has 2 atom stereocenters. The molecule has 2 unspecified atom stereocenters. The Morgan fingerprint density at radius 2 is 1.65 bits per heavy atom. The predicted molar refractivity (Wildman–Crippen MR) is 147 cm³/mol. The summed E-state index contributed by atoms with van der Waals surface area (Å²) in [6, 6.07) is 29.6. The van der Waals surface area contributed by atoms with Gasteiger partial charge in [0.05, 0.1) is 19.3 Å². The maximum absolute atomic E-state index is 13.5. The standard InChI is InChI=1S/C29H31ClN2OSi/c1-21(29(33)32-27-13-7-9-23-10-8-18-31-28(23)27)24(19-22-14-16-25(30)17-15-22)20-34(2,3)26-11-5-4-6-12-26/h4-18,21,24H,19-20H2,1-3H3,(H,32,33). The van der Waals surface area contributed by atoms with Crippen LogP contribution in [0, 0.1) is 11.8 Å². The van der Waals surface area contributed by atoms with Crippen molar-refractivity contribution < 1.29 is 4.79 Å². The van der Waals surface area contributed by atoms with Crippen molar-refractivity contribution in [1.82, 2.24) is 4.98 Å². The first kappa shape index (κ1) is 24.2. The van der Waals surface area contributed by atoms with E-state index < -0.39 is 8.07 Å². The molecule has 0 spiro atoms. The summed E-state index contributed by atoms with van der Waals surface area (Å²) in [5.41, 5.74) is 2.79. The van der Waals surface area contributed by atoms with Gasteiger partial charge in [-0.15, -0.1) is 0 Å². The largest absolute Gasteiger partial charge is 0.324 e. The Morgan fingerprint density at radius 1 is 0.941 bits per heavy atom. The highest BCUT2D eigenvalue weighted by atomic mass is 35.5. The first-order valence-electron chi connectivity index (χ1n) is 11.8. The van der Waals surface area contributed by atoms with Crippen LogP contribution in [0.1, 0.15) is 12.5 Å². The van der Waals surface area contributed by atoms with Gasteiger partial charge in [-0.3, -0.25) is 9.78 Å². The van der Waals surface area contributed by atoms with E-state index in [1.165, 1.54) is 10.8 Å².